The maximum atomic E-state index is 5.51. The zero-order chi connectivity index (χ0) is 4.99. The van der Waals surface area contributed by atoms with Crippen LogP contribution in [0.1, 0.15) is 13.3 Å². The van der Waals surface area contributed by atoms with Crippen molar-refractivity contribution in [2.24, 2.45) is 0 Å². The summed E-state index contributed by atoms with van der Waals surface area (Å²) in [4.78, 5) is 0. The van der Waals surface area contributed by atoms with Crippen molar-refractivity contribution in [2.75, 3.05) is 0 Å². The van der Waals surface area contributed by atoms with Crippen molar-refractivity contribution in [2.45, 2.75) is 18.6 Å². The molecule has 0 nitrogen and oxygen atoms in total. The van der Waals surface area contributed by atoms with E-state index in [1.807, 2.05) is 0 Å². The van der Waals surface area contributed by atoms with Gasteiger partial charge in [0, 0.05) is 0 Å². The Morgan fingerprint density at radius 1 is 1.50 bits per heavy atom. The molecule has 0 spiro atoms. The van der Waals surface area contributed by atoms with E-state index in [0.29, 0.717) is 0 Å². The number of rotatable bonds is 2. The van der Waals surface area contributed by atoms with Crippen LogP contribution >= 0.6 is 20.0 Å². The van der Waals surface area contributed by atoms with E-state index in [4.69, 9.17) is 20.0 Å². The first-order valence-electron chi connectivity index (χ1n) is 1.94. The molecular formula is C3H7Cl2Ge. The molecule has 3 heteroatoms. The van der Waals surface area contributed by atoms with E-state index >= 15 is 0 Å². The third-order valence-electron chi connectivity index (χ3n) is 0.439. The molecule has 0 atom stereocenters. The van der Waals surface area contributed by atoms with E-state index in [9.17, 15) is 0 Å². The van der Waals surface area contributed by atoms with Crippen LogP contribution in [0.5, 0.6) is 0 Å². The molecule has 0 fully saturated rings. The molecule has 0 amide bonds. The summed E-state index contributed by atoms with van der Waals surface area (Å²) in [5.41, 5.74) is 0. The van der Waals surface area contributed by atoms with Gasteiger partial charge in [-0.25, -0.2) is 0 Å². The Morgan fingerprint density at radius 3 is 2.00 bits per heavy atom. The van der Waals surface area contributed by atoms with Gasteiger partial charge in [-0.15, -0.1) is 0 Å². The molecule has 0 aliphatic rings. The molecular weight excluding hydrogens is 180 g/mol. The van der Waals surface area contributed by atoms with E-state index in [0.717, 1.165) is 11.7 Å². The van der Waals surface area contributed by atoms with Gasteiger partial charge in [0.1, 0.15) is 0 Å². The van der Waals surface area contributed by atoms with Crippen LogP contribution in [0.25, 0.3) is 0 Å². The molecule has 0 bridgehead atoms. The third kappa shape index (κ3) is 5.12. The summed E-state index contributed by atoms with van der Waals surface area (Å²) in [5, 5.41) is 1.07. The number of halogens is 2. The summed E-state index contributed by atoms with van der Waals surface area (Å²) >= 11 is -1.44. The first-order valence-corrected chi connectivity index (χ1v) is 8.94. The Balaban J connectivity index is 2.63. The van der Waals surface area contributed by atoms with Gasteiger partial charge in [0.25, 0.3) is 0 Å². The van der Waals surface area contributed by atoms with Gasteiger partial charge in [0.05, 0.1) is 0 Å². The van der Waals surface area contributed by atoms with Gasteiger partial charge in [-0.2, -0.15) is 0 Å². The molecule has 0 unspecified atom stereocenters. The molecule has 0 aromatic carbocycles. The minimum atomic E-state index is -1.44. The molecule has 0 saturated heterocycles. The predicted molar refractivity (Wildman–Crippen MR) is 32.6 cm³/mol. The third-order valence-corrected chi connectivity index (χ3v) is 4.24. The van der Waals surface area contributed by atoms with E-state index in [2.05, 4.69) is 6.92 Å². The van der Waals surface area contributed by atoms with Crippen molar-refractivity contribution < 1.29 is 0 Å². The summed E-state index contributed by atoms with van der Waals surface area (Å²) in [6.45, 7) is 2.10. The van der Waals surface area contributed by atoms with Crippen LogP contribution in [0.2, 0.25) is 5.25 Å². The van der Waals surface area contributed by atoms with Crippen LogP contribution in [0.3, 0.4) is 0 Å². The molecule has 1 radical (unpaired) electrons. The normalized spacial score (nSPS) is 10.0. The van der Waals surface area contributed by atoms with E-state index in [1.165, 1.54) is 0 Å². The van der Waals surface area contributed by atoms with Crippen LogP contribution in [0, 0.1) is 0 Å². The standard InChI is InChI=1S/C3H7Cl2Ge/c1-2-3-6(4)5/h2-3H2,1H3. The van der Waals surface area contributed by atoms with Gasteiger partial charge in [-0.3, -0.25) is 0 Å². The molecule has 0 aromatic rings. The minimum absolute atomic E-state index is 1.07. The van der Waals surface area contributed by atoms with Gasteiger partial charge in [-0.1, -0.05) is 0 Å². The molecule has 0 saturated carbocycles. The van der Waals surface area contributed by atoms with Crippen LogP contribution in [0.4, 0.5) is 0 Å². The van der Waals surface area contributed by atoms with Gasteiger partial charge >= 0.3 is 51.1 Å². The number of hydrogen-bond acceptors (Lipinski definition) is 0. The van der Waals surface area contributed by atoms with Crippen molar-refractivity contribution >= 4 is 32.5 Å². The first kappa shape index (κ1) is 7.12. The van der Waals surface area contributed by atoms with Crippen LogP contribution < -0.4 is 0 Å². The molecule has 0 rings (SSSR count). The molecule has 0 aromatic heterocycles. The summed E-state index contributed by atoms with van der Waals surface area (Å²) in [7, 11) is 11.0. The predicted octanol–water partition coefficient (Wildman–Crippen LogP) is 2.36. The van der Waals surface area contributed by atoms with E-state index < -0.39 is 12.5 Å². The van der Waals surface area contributed by atoms with Gasteiger partial charge in [-0.05, 0) is 0 Å². The molecule has 6 heavy (non-hydrogen) atoms. The second kappa shape index (κ2) is 4.29. The van der Waals surface area contributed by atoms with Crippen LogP contribution in [0.15, 0.2) is 0 Å². The van der Waals surface area contributed by atoms with Crippen LogP contribution in [-0.2, 0) is 0 Å². The van der Waals surface area contributed by atoms with E-state index in [-0.39, 0.29) is 0 Å². The maximum absolute atomic E-state index is 5.51. The summed E-state index contributed by atoms with van der Waals surface area (Å²) in [5.74, 6) is 0. The van der Waals surface area contributed by atoms with Gasteiger partial charge in [0.2, 0.25) is 0 Å². The van der Waals surface area contributed by atoms with Gasteiger partial charge in [0.15, 0.2) is 0 Å². The fourth-order valence-corrected chi connectivity index (χ4v) is 2.95. The number of hydrogen-bond donors (Lipinski definition) is 0. The Morgan fingerprint density at radius 2 is 2.00 bits per heavy atom. The fourth-order valence-electron chi connectivity index (χ4n) is 0.189. The van der Waals surface area contributed by atoms with Crippen molar-refractivity contribution in [3.8, 4) is 0 Å². The van der Waals surface area contributed by atoms with Crippen molar-refractivity contribution in [3.05, 3.63) is 0 Å². The Bertz CT molecular complexity index is 30.0. The Labute approximate surface area is 51.3 Å². The van der Waals surface area contributed by atoms with Gasteiger partial charge < -0.3 is 0 Å². The summed E-state index contributed by atoms with van der Waals surface area (Å²) in [6, 6.07) is 0. The molecule has 0 aliphatic heterocycles. The topological polar surface area (TPSA) is 0 Å². The zero-order valence-electron chi connectivity index (χ0n) is 3.67. The summed E-state index contributed by atoms with van der Waals surface area (Å²) < 4.78 is 0. The van der Waals surface area contributed by atoms with Crippen molar-refractivity contribution in [1.29, 1.82) is 0 Å². The quantitative estimate of drug-likeness (QED) is 0.581. The average molecular weight is 187 g/mol. The first-order chi connectivity index (χ1) is 2.77. The molecule has 0 aliphatic carbocycles. The molecule has 0 N–H and O–H groups in total. The Hall–Kier alpha value is 1.12. The second-order valence-electron chi connectivity index (χ2n) is 1.09. The SMILES string of the molecule is CC[CH2][Ge]([Cl])[Cl]. The van der Waals surface area contributed by atoms with Crippen molar-refractivity contribution in [1.82, 2.24) is 0 Å². The Kier molecular flexibility index (Phi) is 5.09. The second-order valence-corrected chi connectivity index (χ2v) is 9.31. The van der Waals surface area contributed by atoms with Crippen LogP contribution in [-0.4, -0.2) is 12.5 Å². The monoisotopic (exact) mass is 187 g/mol. The average Bonchev–Trinajstić information content (AvgIpc) is 1.35. The zero-order valence-corrected chi connectivity index (χ0v) is 7.28. The summed E-state index contributed by atoms with van der Waals surface area (Å²) in [6.07, 6.45) is 1.14. The van der Waals surface area contributed by atoms with E-state index in [1.54, 1.807) is 0 Å². The molecule has 0 heterocycles. The fraction of sp³-hybridized carbons (Fsp3) is 1.00. The molecule has 37 valence electrons. The van der Waals surface area contributed by atoms with Crippen molar-refractivity contribution in [3.63, 3.8) is 0 Å².